The van der Waals surface area contributed by atoms with Crippen LogP contribution < -0.4 is 5.73 Å². The average Bonchev–Trinajstić information content (AvgIpc) is 2.68. The first-order valence-electron chi connectivity index (χ1n) is 6.38. The molecule has 1 saturated heterocycles. The van der Waals surface area contributed by atoms with E-state index in [1.165, 1.54) is 16.6 Å². The van der Waals surface area contributed by atoms with Crippen molar-refractivity contribution in [2.45, 2.75) is 6.54 Å². The Labute approximate surface area is 107 Å². The molecule has 2 heterocycles. The van der Waals surface area contributed by atoms with Gasteiger partial charge in [0.05, 0.1) is 18.7 Å². The lowest BCUT2D eigenvalue weighted by atomic mass is 10.2. The van der Waals surface area contributed by atoms with Crippen LogP contribution in [0, 0.1) is 0 Å². The molecular formula is C14H19N3O. The number of aromatic nitrogens is 1. The molecule has 0 spiro atoms. The topological polar surface area (TPSA) is 43.4 Å². The predicted molar refractivity (Wildman–Crippen MR) is 73.4 cm³/mol. The van der Waals surface area contributed by atoms with Gasteiger partial charge in [-0.05, 0) is 18.2 Å². The number of rotatable bonds is 2. The quantitative estimate of drug-likeness (QED) is 0.817. The first-order valence-corrected chi connectivity index (χ1v) is 6.38. The molecule has 0 atom stereocenters. The predicted octanol–water partition coefficient (Wildman–Crippen LogP) is 1.59. The van der Waals surface area contributed by atoms with Crippen LogP contribution in [0.1, 0.15) is 5.69 Å². The number of fused-ring (bicyclic) bond motifs is 1. The Morgan fingerprint density at radius 2 is 2.00 bits per heavy atom. The Morgan fingerprint density at radius 1 is 1.22 bits per heavy atom. The molecule has 4 nitrogen and oxygen atoms in total. The maximum Gasteiger partial charge on any atom is 0.0594 e. The van der Waals surface area contributed by atoms with Gasteiger partial charge in [-0.2, -0.15) is 0 Å². The summed E-state index contributed by atoms with van der Waals surface area (Å²) in [4.78, 5) is 2.43. The SMILES string of the molecule is Cn1c(CN2CCOCC2)cc2ccc(N)cc21. The molecule has 96 valence electrons. The second-order valence-corrected chi connectivity index (χ2v) is 4.90. The third-order valence-electron chi connectivity index (χ3n) is 3.66. The fourth-order valence-corrected chi connectivity index (χ4v) is 2.54. The van der Waals surface area contributed by atoms with Crippen LogP contribution >= 0.6 is 0 Å². The highest BCUT2D eigenvalue weighted by molar-refractivity contribution is 5.84. The number of hydrogen-bond acceptors (Lipinski definition) is 3. The summed E-state index contributed by atoms with van der Waals surface area (Å²) in [6, 6.07) is 8.34. The summed E-state index contributed by atoms with van der Waals surface area (Å²) in [7, 11) is 2.11. The maximum atomic E-state index is 5.85. The lowest BCUT2D eigenvalue weighted by Crippen LogP contribution is -2.36. The van der Waals surface area contributed by atoms with Gasteiger partial charge in [0, 0.05) is 43.4 Å². The molecule has 18 heavy (non-hydrogen) atoms. The van der Waals surface area contributed by atoms with Crippen LogP contribution in [0.25, 0.3) is 10.9 Å². The van der Waals surface area contributed by atoms with Crippen molar-refractivity contribution < 1.29 is 4.74 Å². The van der Waals surface area contributed by atoms with Crippen LogP contribution in [0.3, 0.4) is 0 Å². The number of anilines is 1. The molecule has 1 aromatic heterocycles. The number of nitrogens with two attached hydrogens (primary N) is 1. The van der Waals surface area contributed by atoms with Gasteiger partial charge in [0.25, 0.3) is 0 Å². The summed E-state index contributed by atoms with van der Waals surface area (Å²) < 4.78 is 7.61. The van der Waals surface area contributed by atoms with E-state index in [0.717, 1.165) is 38.5 Å². The molecule has 0 aliphatic carbocycles. The second-order valence-electron chi connectivity index (χ2n) is 4.90. The molecule has 1 aliphatic rings. The molecule has 4 heteroatoms. The van der Waals surface area contributed by atoms with Crippen molar-refractivity contribution in [1.82, 2.24) is 9.47 Å². The average molecular weight is 245 g/mol. The Balaban J connectivity index is 1.89. The fraction of sp³-hybridized carbons (Fsp3) is 0.429. The maximum absolute atomic E-state index is 5.85. The van der Waals surface area contributed by atoms with Gasteiger partial charge in [0.2, 0.25) is 0 Å². The van der Waals surface area contributed by atoms with Gasteiger partial charge in [-0.25, -0.2) is 0 Å². The zero-order valence-corrected chi connectivity index (χ0v) is 10.7. The van der Waals surface area contributed by atoms with Crippen molar-refractivity contribution in [1.29, 1.82) is 0 Å². The molecule has 0 radical (unpaired) electrons. The van der Waals surface area contributed by atoms with Crippen LogP contribution in [-0.4, -0.2) is 35.8 Å². The summed E-state index contributed by atoms with van der Waals surface area (Å²) in [6.07, 6.45) is 0. The van der Waals surface area contributed by atoms with Crippen molar-refractivity contribution in [2.75, 3.05) is 32.0 Å². The smallest absolute Gasteiger partial charge is 0.0594 e. The fourth-order valence-electron chi connectivity index (χ4n) is 2.54. The standard InChI is InChI=1S/C14H19N3O/c1-16-13(10-17-4-6-18-7-5-17)8-11-2-3-12(15)9-14(11)16/h2-3,8-9H,4-7,10,15H2,1H3. The number of benzene rings is 1. The Hall–Kier alpha value is -1.52. The molecule has 0 bridgehead atoms. The Morgan fingerprint density at radius 3 is 2.78 bits per heavy atom. The van der Waals surface area contributed by atoms with Crippen LogP contribution in [0.5, 0.6) is 0 Å². The molecule has 0 unspecified atom stereocenters. The Bertz CT molecular complexity index is 555. The van der Waals surface area contributed by atoms with Crippen LogP contribution in [-0.2, 0) is 18.3 Å². The lowest BCUT2D eigenvalue weighted by molar-refractivity contribution is 0.0333. The van der Waals surface area contributed by atoms with Gasteiger partial charge in [-0.15, -0.1) is 0 Å². The third-order valence-corrected chi connectivity index (χ3v) is 3.66. The van der Waals surface area contributed by atoms with Crippen molar-refractivity contribution in [2.24, 2.45) is 7.05 Å². The van der Waals surface area contributed by atoms with E-state index in [1.54, 1.807) is 0 Å². The van der Waals surface area contributed by atoms with Gasteiger partial charge >= 0.3 is 0 Å². The largest absolute Gasteiger partial charge is 0.399 e. The molecule has 1 aliphatic heterocycles. The van der Waals surface area contributed by atoms with Gasteiger partial charge in [-0.3, -0.25) is 4.90 Å². The molecule has 1 aromatic carbocycles. The number of morpholine rings is 1. The second kappa shape index (κ2) is 4.63. The van der Waals surface area contributed by atoms with E-state index >= 15 is 0 Å². The van der Waals surface area contributed by atoms with E-state index in [0.29, 0.717) is 0 Å². The van der Waals surface area contributed by atoms with Crippen LogP contribution in [0.15, 0.2) is 24.3 Å². The minimum absolute atomic E-state index is 0.821. The molecular weight excluding hydrogens is 226 g/mol. The van der Waals surface area contributed by atoms with E-state index in [4.69, 9.17) is 10.5 Å². The minimum Gasteiger partial charge on any atom is -0.399 e. The molecule has 1 fully saturated rings. The number of nitrogens with zero attached hydrogens (tertiary/aromatic N) is 2. The van der Waals surface area contributed by atoms with Gasteiger partial charge in [0.1, 0.15) is 0 Å². The van der Waals surface area contributed by atoms with Crippen LogP contribution in [0.2, 0.25) is 0 Å². The van der Waals surface area contributed by atoms with Crippen molar-refractivity contribution in [3.63, 3.8) is 0 Å². The summed E-state index contributed by atoms with van der Waals surface area (Å²) in [6.45, 7) is 4.70. The van der Waals surface area contributed by atoms with E-state index in [9.17, 15) is 0 Å². The lowest BCUT2D eigenvalue weighted by Gasteiger charge is -2.26. The Kier molecular flexibility index (Phi) is 2.97. The first-order chi connectivity index (χ1) is 8.74. The zero-order chi connectivity index (χ0) is 12.5. The normalized spacial score (nSPS) is 17.4. The first kappa shape index (κ1) is 11.6. The molecule has 0 saturated carbocycles. The highest BCUT2D eigenvalue weighted by Gasteiger charge is 2.13. The highest BCUT2D eigenvalue weighted by Crippen LogP contribution is 2.22. The number of aryl methyl sites for hydroxylation is 1. The zero-order valence-electron chi connectivity index (χ0n) is 10.7. The summed E-state index contributed by atoms with van der Waals surface area (Å²) in [5, 5.41) is 1.26. The van der Waals surface area contributed by atoms with E-state index in [1.807, 2.05) is 12.1 Å². The minimum atomic E-state index is 0.821. The van der Waals surface area contributed by atoms with E-state index < -0.39 is 0 Å². The van der Waals surface area contributed by atoms with Crippen molar-refractivity contribution >= 4 is 16.6 Å². The highest BCUT2D eigenvalue weighted by atomic mass is 16.5. The third kappa shape index (κ3) is 2.09. The van der Waals surface area contributed by atoms with E-state index in [-0.39, 0.29) is 0 Å². The summed E-state index contributed by atoms with van der Waals surface area (Å²) >= 11 is 0. The summed E-state index contributed by atoms with van der Waals surface area (Å²) in [5.74, 6) is 0. The number of nitrogen functional groups attached to an aromatic ring is 1. The molecule has 2 N–H and O–H groups in total. The van der Waals surface area contributed by atoms with E-state index in [2.05, 4.69) is 28.6 Å². The van der Waals surface area contributed by atoms with Gasteiger partial charge in [0.15, 0.2) is 0 Å². The molecule has 0 amide bonds. The monoisotopic (exact) mass is 245 g/mol. The van der Waals surface area contributed by atoms with Crippen LogP contribution in [0.4, 0.5) is 5.69 Å². The van der Waals surface area contributed by atoms with Crippen molar-refractivity contribution in [3.8, 4) is 0 Å². The number of hydrogen-bond donors (Lipinski definition) is 1. The van der Waals surface area contributed by atoms with Crippen molar-refractivity contribution in [3.05, 3.63) is 30.0 Å². The van der Waals surface area contributed by atoms with Gasteiger partial charge < -0.3 is 15.0 Å². The number of ether oxygens (including phenoxy) is 1. The molecule has 2 aromatic rings. The summed E-state index contributed by atoms with van der Waals surface area (Å²) in [5.41, 5.74) is 9.20. The van der Waals surface area contributed by atoms with Gasteiger partial charge in [-0.1, -0.05) is 6.07 Å². The molecule has 3 rings (SSSR count).